The summed E-state index contributed by atoms with van der Waals surface area (Å²) in [6.07, 6.45) is -4.19. The molecule has 0 atom stereocenters. The van der Waals surface area contributed by atoms with Crippen LogP contribution in [0.2, 0.25) is 10.0 Å². The highest BCUT2D eigenvalue weighted by Crippen LogP contribution is 2.43. The molecule has 0 bridgehead atoms. The summed E-state index contributed by atoms with van der Waals surface area (Å²) in [6.45, 7) is 0. The molecule has 42 heavy (non-hydrogen) atoms. The number of alkyl halides is 6. The fourth-order valence-electron chi connectivity index (χ4n) is 3.48. The van der Waals surface area contributed by atoms with Crippen molar-refractivity contribution in [2.24, 2.45) is 4.99 Å². The molecular formula is C23H9Cl2F6N5O5S. The maximum absolute atomic E-state index is 13.6. The molecule has 4 aromatic rings. The van der Waals surface area contributed by atoms with Crippen LogP contribution < -0.4 is 0 Å². The summed E-state index contributed by atoms with van der Waals surface area (Å²) in [7, 11) is -6.32. The Kier molecular flexibility index (Phi) is 7.84. The van der Waals surface area contributed by atoms with Crippen LogP contribution in [0.4, 0.5) is 37.8 Å². The Labute approximate surface area is 240 Å². The van der Waals surface area contributed by atoms with Crippen LogP contribution in [-0.2, 0) is 16.0 Å². The summed E-state index contributed by atoms with van der Waals surface area (Å²) >= 11 is 11.9. The standard InChI is InChI=1S/C23H9Cl2F6N5O5S/c24-15-7-12(22(26,27)28)8-16(25)19(15)35-21(20(17(9-32)34-35)42(39,40)23(29,30)31)33-10-14-5-6-18(41-14)11-1-3-13(4-2-11)36(37)38/h1-8,10H. The second kappa shape index (κ2) is 10.8. The lowest BCUT2D eigenvalue weighted by molar-refractivity contribution is -0.384. The van der Waals surface area contributed by atoms with Crippen LogP contribution in [0.15, 0.2) is 62.8 Å². The normalized spacial score (nSPS) is 12.5. The number of nitriles is 1. The summed E-state index contributed by atoms with van der Waals surface area (Å²) in [5.41, 5.74) is -9.16. The van der Waals surface area contributed by atoms with Gasteiger partial charge in [0.2, 0.25) is 0 Å². The largest absolute Gasteiger partial charge is 0.502 e. The molecule has 2 aromatic carbocycles. The van der Waals surface area contributed by atoms with Gasteiger partial charge in [-0.1, -0.05) is 23.2 Å². The van der Waals surface area contributed by atoms with Crippen LogP contribution in [0.3, 0.4) is 0 Å². The van der Waals surface area contributed by atoms with Crippen LogP contribution in [0.25, 0.3) is 17.0 Å². The summed E-state index contributed by atoms with van der Waals surface area (Å²) in [4.78, 5) is 12.2. The Balaban J connectivity index is 1.91. The molecule has 0 aliphatic carbocycles. The van der Waals surface area contributed by atoms with Gasteiger partial charge in [-0.15, -0.1) is 0 Å². The van der Waals surface area contributed by atoms with Gasteiger partial charge in [0.25, 0.3) is 15.5 Å². The monoisotopic (exact) mass is 651 g/mol. The average Bonchev–Trinajstić information content (AvgIpc) is 3.51. The maximum Gasteiger partial charge on any atom is 0.502 e. The summed E-state index contributed by atoms with van der Waals surface area (Å²) in [6, 6.07) is 9.58. The smallest absolute Gasteiger partial charge is 0.455 e. The second-order valence-electron chi connectivity index (χ2n) is 8.02. The van der Waals surface area contributed by atoms with E-state index in [9.17, 15) is 50.1 Å². The third-order valence-electron chi connectivity index (χ3n) is 5.36. The Hall–Kier alpha value is -4.40. The molecule has 0 aliphatic heterocycles. The molecule has 0 spiro atoms. The molecule has 0 amide bonds. The van der Waals surface area contributed by atoms with E-state index >= 15 is 0 Å². The van der Waals surface area contributed by atoms with Gasteiger partial charge in [0.1, 0.15) is 23.3 Å². The quantitative estimate of drug-likeness (QED) is 0.0921. The molecule has 2 heterocycles. The number of aliphatic imine (C=N–C) groups is 1. The lowest BCUT2D eigenvalue weighted by atomic mass is 10.1. The summed E-state index contributed by atoms with van der Waals surface area (Å²) < 4.78 is 111. The fraction of sp³-hybridized carbons (Fsp3) is 0.0870. The number of nitro benzene ring substituents is 1. The predicted molar refractivity (Wildman–Crippen MR) is 135 cm³/mol. The van der Waals surface area contributed by atoms with Gasteiger partial charge >= 0.3 is 11.7 Å². The van der Waals surface area contributed by atoms with E-state index in [0.717, 1.165) is 6.21 Å². The third-order valence-corrected chi connectivity index (χ3v) is 7.46. The zero-order valence-corrected chi connectivity index (χ0v) is 22.2. The van der Waals surface area contributed by atoms with E-state index in [-0.39, 0.29) is 17.2 Å². The van der Waals surface area contributed by atoms with Gasteiger partial charge in [0.05, 0.1) is 26.7 Å². The summed E-state index contributed by atoms with van der Waals surface area (Å²) in [5.74, 6) is -1.25. The van der Waals surface area contributed by atoms with Crippen LogP contribution in [-0.4, -0.2) is 34.8 Å². The lowest BCUT2D eigenvalue weighted by Crippen LogP contribution is -2.23. The highest BCUT2D eigenvalue weighted by molar-refractivity contribution is 7.92. The molecule has 19 heteroatoms. The number of halogens is 8. The first-order valence-electron chi connectivity index (χ1n) is 10.8. The number of non-ortho nitro benzene ring substituents is 1. The number of aromatic nitrogens is 2. The predicted octanol–water partition coefficient (Wildman–Crippen LogP) is 7.28. The van der Waals surface area contributed by atoms with E-state index in [1.54, 1.807) is 0 Å². The maximum atomic E-state index is 13.6. The Morgan fingerprint density at radius 2 is 1.64 bits per heavy atom. The Bertz CT molecular complexity index is 1870. The van der Waals surface area contributed by atoms with E-state index in [2.05, 4.69) is 10.1 Å². The van der Waals surface area contributed by atoms with Crippen LogP contribution in [0.1, 0.15) is 17.0 Å². The van der Waals surface area contributed by atoms with Gasteiger partial charge in [-0.2, -0.15) is 36.7 Å². The molecule has 4 rings (SSSR count). The molecule has 0 saturated heterocycles. The molecule has 0 saturated carbocycles. The molecule has 0 fully saturated rings. The van der Waals surface area contributed by atoms with Gasteiger partial charge in [-0.3, -0.25) is 10.1 Å². The summed E-state index contributed by atoms with van der Waals surface area (Å²) in [5, 5.41) is 22.1. The highest BCUT2D eigenvalue weighted by Gasteiger charge is 2.51. The molecular weight excluding hydrogens is 643 g/mol. The number of hydrogen-bond acceptors (Lipinski definition) is 8. The van der Waals surface area contributed by atoms with Crippen molar-refractivity contribution >= 4 is 50.8 Å². The van der Waals surface area contributed by atoms with Gasteiger partial charge < -0.3 is 4.42 Å². The van der Waals surface area contributed by atoms with Gasteiger partial charge in [-0.05, 0) is 36.4 Å². The van der Waals surface area contributed by atoms with E-state index in [0.29, 0.717) is 22.4 Å². The zero-order chi connectivity index (χ0) is 31.2. The number of rotatable bonds is 6. The average molecular weight is 652 g/mol. The third kappa shape index (κ3) is 5.68. The highest BCUT2D eigenvalue weighted by atomic mass is 35.5. The Morgan fingerprint density at radius 1 is 1.05 bits per heavy atom. The van der Waals surface area contributed by atoms with Gasteiger partial charge in [0.15, 0.2) is 16.4 Å². The first-order chi connectivity index (χ1) is 19.5. The molecule has 10 nitrogen and oxygen atoms in total. The fourth-order valence-corrected chi connectivity index (χ4v) is 5.08. The second-order valence-corrected chi connectivity index (χ2v) is 10.7. The van der Waals surface area contributed by atoms with Crippen molar-refractivity contribution in [1.29, 1.82) is 5.26 Å². The van der Waals surface area contributed by atoms with Crippen molar-refractivity contribution in [3.63, 3.8) is 0 Å². The molecule has 0 unspecified atom stereocenters. The van der Waals surface area contributed by atoms with Crippen LogP contribution >= 0.6 is 23.2 Å². The van der Waals surface area contributed by atoms with Crippen LogP contribution in [0, 0.1) is 21.4 Å². The van der Waals surface area contributed by atoms with Crippen LogP contribution in [0.5, 0.6) is 0 Å². The molecule has 218 valence electrons. The zero-order valence-electron chi connectivity index (χ0n) is 19.9. The van der Waals surface area contributed by atoms with Gasteiger partial charge in [-0.25, -0.2) is 18.1 Å². The minimum atomic E-state index is -6.32. The van der Waals surface area contributed by atoms with Crippen molar-refractivity contribution in [3.05, 3.63) is 85.7 Å². The Morgan fingerprint density at radius 3 is 2.14 bits per heavy atom. The molecule has 2 aromatic heterocycles. The number of furan rings is 1. The van der Waals surface area contributed by atoms with E-state index in [1.165, 1.54) is 42.5 Å². The van der Waals surface area contributed by atoms with E-state index < -0.39 is 64.1 Å². The van der Waals surface area contributed by atoms with Crippen molar-refractivity contribution in [2.75, 3.05) is 0 Å². The lowest BCUT2D eigenvalue weighted by Gasteiger charge is -2.13. The van der Waals surface area contributed by atoms with Crippen molar-refractivity contribution in [2.45, 2.75) is 16.6 Å². The number of sulfone groups is 1. The number of nitrogens with zero attached hydrogens (tertiary/aromatic N) is 5. The SMILES string of the molecule is N#Cc1nn(-c2c(Cl)cc(C(F)(F)F)cc2Cl)c(N=Cc2ccc(-c3ccc([N+](=O)[O-])cc3)o2)c1S(=O)(=O)C(F)(F)F. The van der Waals surface area contributed by atoms with Crippen molar-refractivity contribution < 1.29 is 44.1 Å². The van der Waals surface area contributed by atoms with E-state index in [1.807, 2.05) is 0 Å². The minimum absolute atomic E-state index is 0.120. The number of nitro groups is 1. The first kappa shape index (κ1) is 30.6. The number of benzene rings is 2. The topological polar surface area (TPSA) is 144 Å². The molecule has 0 radical (unpaired) electrons. The van der Waals surface area contributed by atoms with Crippen molar-refractivity contribution in [3.8, 4) is 23.1 Å². The van der Waals surface area contributed by atoms with Gasteiger partial charge in [0, 0.05) is 17.7 Å². The number of hydrogen-bond donors (Lipinski definition) is 0. The molecule has 0 aliphatic rings. The molecule has 0 N–H and O–H groups in total. The minimum Gasteiger partial charge on any atom is -0.455 e. The first-order valence-corrected chi connectivity index (χ1v) is 13.0. The van der Waals surface area contributed by atoms with Crippen molar-refractivity contribution in [1.82, 2.24) is 9.78 Å². The van der Waals surface area contributed by atoms with E-state index in [4.69, 9.17) is 27.6 Å².